The standard InChI is InChI=1S/C14H27NO2S/c1-4-17-13(16)12(2)10-15-11-14(18-3)8-6-5-7-9-14/h12,15H,4-11H2,1-3H3. The lowest BCUT2D eigenvalue weighted by Crippen LogP contribution is -2.41. The zero-order valence-electron chi connectivity index (χ0n) is 12.0. The predicted molar refractivity (Wildman–Crippen MR) is 78.0 cm³/mol. The Labute approximate surface area is 115 Å². The quantitative estimate of drug-likeness (QED) is 0.724. The van der Waals surface area contributed by atoms with Crippen LogP contribution in [0, 0.1) is 5.92 Å². The summed E-state index contributed by atoms with van der Waals surface area (Å²) in [6.07, 6.45) is 8.87. The van der Waals surface area contributed by atoms with Crippen LogP contribution in [0.5, 0.6) is 0 Å². The normalized spacial score (nSPS) is 20.4. The summed E-state index contributed by atoms with van der Waals surface area (Å²) in [4.78, 5) is 11.5. The van der Waals surface area contributed by atoms with Gasteiger partial charge in [-0.15, -0.1) is 0 Å². The van der Waals surface area contributed by atoms with Crippen molar-refractivity contribution in [3.05, 3.63) is 0 Å². The largest absolute Gasteiger partial charge is 0.466 e. The van der Waals surface area contributed by atoms with Gasteiger partial charge in [0, 0.05) is 17.8 Å². The van der Waals surface area contributed by atoms with Crippen LogP contribution in [0.3, 0.4) is 0 Å². The number of rotatable bonds is 7. The Morgan fingerprint density at radius 1 is 1.39 bits per heavy atom. The highest BCUT2D eigenvalue weighted by molar-refractivity contribution is 8.00. The first-order valence-corrected chi connectivity index (χ1v) is 8.28. The number of ether oxygens (including phenoxy) is 1. The Kier molecular flexibility index (Phi) is 7.08. The van der Waals surface area contributed by atoms with Crippen LogP contribution in [-0.2, 0) is 9.53 Å². The van der Waals surface area contributed by atoms with E-state index in [9.17, 15) is 4.79 Å². The van der Waals surface area contributed by atoms with Gasteiger partial charge in [-0.25, -0.2) is 0 Å². The molecular weight excluding hydrogens is 246 g/mol. The van der Waals surface area contributed by atoms with Crippen LogP contribution in [-0.4, -0.2) is 36.7 Å². The molecule has 1 unspecified atom stereocenters. The summed E-state index contributed by atoms with van der Waals surface area (Å²) >= 11 is 1.98. The van der Waals surface area contributed by atoms with Crippen LogP contribution < -0.4 is 5.32 Å². The summed E-state index contributed by atoms with van der Waals surface area (Å²) in [5.41, 5.74) is 0. The molecule has 0 aliphatic heterocycles. The molecule has 0 amide bonds. The molecule has 0 heterocycles. The van der Waals surface area contributed by atoms with Crippen LogP contribution >= 0.6 is 11.8 Å². The van der Waals surface area contributed by atoms with E-state index in [1.807, 2.05) is 25.6 Å². The summed E-state index contributed by atoms with van der Waals surface area (Å²) in [7, 11) is 0. The zero-order chi connectivity index (χ0) is 13.4. The zero-order valence-corrected chi connectivity index (χ0v) is 12.8. The van der Waals surface area contributed by atoms with E-state index in [0.717, 1.165) is 13.1 Å². The number of hydrogen-bond donors (Lipinski definition) is 1. The monoisotopic (exact) mass is 273 g/mol. The van der Waals surface area contributed by atoms with Gasteiger partial charge in [0.05, 0.1) is 12.5 Å². The van der Waals surface area contributed by atoms with E-state index < -0.39 is 0 Å². The van der Waals surface area contributed by atoms with Crippen LogP contribution in [0.4, 0.5) is 0 Å². The molecule has 0 aromatic heterocycles. The van der Waals surface area contributed by atoms with E-state index >= 15 is 0 Å². The predicted octanol–water partition coefficient (Wildman–Crippen LogP) is 2.84. The molecule has 1 aliphatic rings. The second-order valence-electron chi connectivity index (χ2n) is 5.23. The molecule has 0 aromatic carbocycles. The Hall–Kier alpha value is -0.220. The first-order chi connectivity index (χ1) is 8.63. The van der Waals surface area contributed by atoms with Gasteiger partial charge in [-0.2, -0.15) is 11.8 Å². The average molecular weight is 273 g/mol. The third-order valence-corrected chi connectivity index (χ3v) is 5.20. The van der Waals surface area contributed by atoms with Crippen LogP contribution in [0.2, 0.25) is 0 Å². The molecule has 1 atom stereocenters. The first kappa shape index (κ1) is 15.8. The molecule has 4 heteroatoms. The molecule has 0 spiro atoms. The lowest BCUT2D eigenvalue weighted by molar-refractivity contribution is -0.147. The molecule has 1 aliphatic carbocycles. The molecule has 0 saturated heterocycles. The van der Waals surface area contributed by atoms with E-state index in [4.69, 9.17) is 4.74 Å². The van der Waals surface area contributed by atoms with Crippen molar-refractivity contribution in [3.8, 4) is 0 Å². The molecule has 1 fully saturated rings. The second-order valence-corrected chi connectivity index (χ2v) is 6.51. The van der Waals surface area contributed by atoms with Gasteiger partial charge in [-0.3, -0.25) is 4.79 Å². The highest BCUT2D eigenvalue weighted by atomic mass is 32.2. The minimum atomic E-state index is -0.0909. The highest BCUT2D eigenvalue weighted by Crippen LogP contribution is 2.37. The van der Waals surface area contributed by atoms with Crippen molar-refractivity contribution in [1.82, 2.24) is 5.32 Å². The van der Waals surface area contributed by atoms with E-state index in [1.165, 1.54) is 32.1 Å². The van der Waals surface area contributed by atoms with E-state index in [0.29, 0.717) is 11.4 Å². The number of carbonyl (C=O) groups excluding carboxylic acids is 1. The molecule has 0 radical (unpaired) electrons. The summed E-state index contributed by atoms with van der Waals surface area (Å²) in [6, 6.07) is 0. The van der Waals surface area contributed by atoms with Crippen LogP contribution in [0.1, 0.15) is 46.0 Å². The van der Waals surface area contributed by atoms with Gasteiger partial charge < -0.3 is 10.1 Å². The fourth-order valence-corrected chi connectivity index (χ4v) is 3.48. The summed E-state index contributed by atoms with van der Waals surface area (Å²) in [5.74, 6) is -0.140. The molecule has 18 heavy (non-hydrogen) atoms. The Bertz CT molecular complexity index is 252. The van der Waals surface area contributed by atoms with Gasteiger partial charge in [0.2, 0.25) is 0 Å². The van der Waals surface area contributed by atoms with Crippen molar-refractivity contribution in [1.29, 1.82) is 0 Å². The topological polar surface area (TPSA) is 38.3 Å². The fourth-order valence-electron chi connectivity index (χ4n) is 2.53. The van der Waals surface area contributed by atoms with Crippen LogP contribution in [0.15, 0.2) is 0 Å². The molecule has 0 aromatic rings. The minimum Gasteiger partial charge on any atom is -0.466 e. The van der Waals surface area contributed by atoms with Crippen molar-refractivity contribution in [2.75, 3.05) is 26.0 Å². The smallest absolute Gasteiger partial charge is 0.309 e. The van der Waals surface area contributed by atoms with E-state index in [-0.39, 0.29) is 11.9 Å². The van der Waals surface area contributed by atoms with E-state index in [2.05, 4.69) is 11.6 Å². The van der Waals surface area contributed by atoms with Gasteiger partial charge in [0.25, 0.3) is 0 Å². The average Bonchev–Trinajstić information content (AvgIpc) is 2.40. The highest BCUT2D eigenvalue weighted by Gasteiger charge is 2.30. The molecule has 1 saturated carbocycles. The van der Waals surface area contributed by atoms with Crippen molar-refractivity contribution >= 4 is 17.7 Å². The van der Waals surface area contributed by atoms with Crippen molar-refractivity contribution in [3.63, 3.8) is 0 Å². The van der Waals surface area contributed by atoms with Crippen molar-refractivity contribution in [2.45, 2.75) is 50.7 Å². The van der Waals surface area contributed by atoms with Crippen LogP contribution in [0.25, 0.3) is 0 Å². The fraction of sp³-hybridized carbons (Fsp3) is 0.929. The lowest BCUT2D eigenvalue weighted by Gasteiger charge is -2.36. The Balaban J connectivity index is 2.28. The maximum Gasteiger partial charge on any atom is 0.309 e. The number of thioether (sulfide) groups is 1. The maximum atomic E-state index is 11.5. The van der Waals surface area contributed by atoms with Gasteiger partial charge >= 0.3 is 5.97 Å². The summed E-state index contributed by atoms with van der Waals surface area (Å²) in [6.45, 7) is 5.98. The second kappa shape index (κ2) is 8.05. The Morgan fingerprint density at radius 3 is 2.61 bits per heavy atom. The maximum absolute atomic E-state index is 11.5. The Morgan fingerprint density at radius 2 is 2.06 bits per heavy atom. The molecular formula is C14H27NO2S. The van der Waals surface area contributed by atoms with Crippen molar-refractivity contribution in [2.24, 2.45) is 5.92 Å². The SMILES string of the molecule is CCOC(=O)C(C)CNCC1(SC)CCCCC1. The molecule has 1 N–H and O–H groups in total. The van der Waals surface area contributed by atoms with Gasteiger partial charge in [-0.1, -0.05) is 26.2 Å². The molecule has 1 rings (SSSR count). The molecule has 0 bridgehead atoms. The van der Waals surface area contributed by atoms with Gasteiger partial charge in [0.15, 0.2) is 0 Å². The first-order valence-electron chi connectivity index (χ1n) is 7.06. The number of nitrogens with one attached hydrogen (secondary N) is 1. The third-order valence-electron chi connectivity index (χ3n) is 3.78. The summed E-state index contributed by atoms with van der Waals surface area (Å²) in [5, 5.41) is 3.46. The summed E-state index contributed by atoms with van der Waals surface area (Å²) < 4.78 is 5.41. The minimum absolute atomic E-state index is 0.0487. The molecule has 106 valence electrons. The van der Waals surface area contributed by atoms with E-state index in [1.54, 1.807) is 0 Å². The third kappa shape index (κ3) is 4.81. The van der Waals surface area contributed by atoms with Crippen molar-refractivity contribution < 1.29 is 9.53 Å². The van der Waals surface area contributed by atoms with Gasteiger partial charge in [0.1, 0.15) is 0 Å². The molecule has 3 nitrogen and oxygen atoms in total. The number of carbonyl (C=O) groups is 1. The van der Waals surface area contributed by atoms with Gasteiger partial charge in [-0.05, 0) is 26.0 Å². The number of esters is 1. The number of hydrogen-bond acceptors (Lipinski definition) is 4. The lowest BCUT2D eigenvalue weighted by atomic mass is 9.88.